The highest BCUT2D eigenvalue weighted by molar-refractivity contribution is 7.26. The molecule has 0 amide bonds. The van der Waals surface area contributed by atoms with Crippen LogP contribution in [-0.4, -0.2) is 46.2 Å². The van der Waals surface area contributed by atoms with Gasteiger partial charge in [0.05, 0.1) is 23.4 Å². The van der Waals surface area contributed by atoms with Crippen molar-refractivity contribution < 1.29 is 4.74 Å². The molecule has 4 aromatic rings. The van der Waals surface area contributed by atoms with Crippen molar-refractivity contribution in [2.24, 2.45) is 0 Å². The monoisotopic (exact) mass is 419 g/mol. The molecule has 1 aromatic carbocycles. The fourth-order valence-corrected chi connectivity index (χ4v) is 5.22. The molecular weight excluding hydrogens is 394 g/mol. The van der Waals surface area contributed by atoms with Crippen LogP contribution in [0.5, 0.6) is 0 Å². The summed E-state index contributed by atoms with van der Waals surface area (Å²) >= 11 is 1.66. The van der Waals surface area contributed by atoms with E-state index in [0.29, 0.717) is 0 Å². The van der Waals surface area contributed by atoms with E-state index in [1.807, 2.05) is 6.92 Å². The number of thiophene rings is 1. The fourth-order valence-electron chi connectivity index (χ4n) is 4.00. The maximum Gasteiger partial charge on any atom is 0.147 e. The number of aryl methyl sites for hydroxylation is 2. The van der Waals surface area contributed by atoms with Gasteiger partial charge in [-0.3, -0.25) is 4.90 Å². The molecule has 0 saturated carbocycles. The van der Waals surface area contributed by atoms with E-state index in [4.69, 9.17) is 9.72 Å². The first kappa shape index (κ1) is 19.4. The minimum atomic E-state index is 0.726. The number of ether oxygens (including phenoxy) is 1. The first-order chi connectivity index (χ1) is 14.7. The van der Waals surface area contributed by atoms with Crippen LogP contribution < -0.4 is 5.32 Å². The molecule has 1 aliphatic rings. The predicted molar refractivity (Wildman–Crippen MR) is 122 cm³/mol. The molecule has 1 aliphatic heterocycles. The van der Waals surface area contributed by atoms with Crippen molar-refractivity contribution in [1.82, 2.24) is 19.9 Å². The molecule has 1 fully saturated rings. The third-order valence-electron chi connectivity index (χ3n) is 5.54. The largest absolute Gasteiger partial charge is 0.379 e. The summed E-state index contributed by atoms with van der Waals surface area (Å²) in [7, 11) is 0. The molecule has 4 heterocycles. The van der Waals surface area contributed by atoms with Gasteiger partial charge in [-0.2, -0.15) is 0 Å². The third kappa shape index (κ3) is 3.88. The zero-order chi connectivity index (χ0) is 20.5. The van der Waals surface area contributed by atoms with Gasteiger partial charge >= 0.3 is 0 Å². The molecule has 1 saturated heterocycles. The van der Waals surface area contributed by atoms with Crippen LogP contribution in [0, 0.1) is 13.8 Å². The smallest absolute Gasteiger partial charge is 0.147 e. The van der Waals surface area contributed by atoms with Crippen molar-refractivity contribution in [2.75, 3.05) is 31.6 Å². The van der Waals surface area contributed by atoms with Crippen molar-refractivity contribution in [3.8, 4) is 0 Å². The van der Waals surface area contributed by atoms with Gasteiger partial charge in [0, 0.05) is 37.3 Å². The van der Waals surface area contributed by atoms with Crippen molar-refractivity contribution in [2.45, 2.75) is 26.9 Å². The van der Waals surface area contributed by atoms with Crippen LogP contribution in [0.1, 0.15) is 22.4 Å². The van der Waals surface area contributed by atoms with Gasteiger partial charge in [-0.25, -0.2) is 15.0 Å². The highest BCUT2D eigenvalue weighted by Crippen LogP contribution is 2.36. The third-order valence-corrected chi connectivity index (χ3v) is 6.62. The number of anilines is 1. The zero-order valence-electron chi connectivity index (χ0n) is 17.3. The lowest BCUT2D eigenvalue weighted by molar-refractivity contribution is 0.0342. The number of aromatic nitrogens is 3. The molecule has 6 nitrogen and oxygen atoms in total. The van der Waals surface area contributed by atoms with Crippen molar-refractivity contribution in [3.63, 3.8) is 0 Å². The Morgan fingerprint density at radius 2 is 1.83 bits per heavy atom. The number of hydrogen-bond donors (Lipinski definition) is 1. The number of rotatable bonds is 5. The summed E-state index contributed by atoms with van der Waals surface area (Å²) in [5, 5.41) is 4.64. The van der Waals surface area contributed by atoms with Gasteiger partial charge in [0.1, 0.15) is 17.0 Å². The second-order valence-corrected chi connectivity index (χ2v) is 8.82. The van der Waals surface area contributed by atoms with E-state index in [1.54, 1.807) is 17.7 Å². The number of nitrogens with one attached hydrogen (secondary N) is 1. The van der Waals surface area contributed by atoms with Crippen LogP contribution >= 0.6 is 11.3 Å². The van der Waals surface area contributed by atoms with Crippen molar-refractivity contribution in [1.29, 1.82) is 0 Å². The quantitative estimate of drug-likeness (QED) is 0.520. The summed E-state index contributed by atoms with van der Waals surface area (Å²) in [6, 6.07) is 10.9. The van der Waals surface area contributed by atoms with Crippen LogP contribution in [-0.2, 0) is 17.8 Å². The predicted octanol–water partition coefficient (Wildman–Crippen LogP) is 4.30. The summed E-state index contributed by atoms with van der Waals surface area (Å²) in [5.41, 5.74) is 5.80. The van der Waals surface area contributed by atoms with Gasteiger partial charge in [0.2, 0.25) is 0 Å². The summed E-state index contributed by atoms with van der Waals surface area (Å²) in [5.74, 6) is 0.873. The molecule has 5 rings (SSSR count). The van der Waals surface area contributed by atoms with Crippen molar-refractivity contribution in [3.05, 3.63) is 59.0 Å². The topological polar surface area (TPSA) is 63.2 Å². The summed E-state index contributed by atoms with van der Waals surface area (Å²) in [6.45, 7) is 9.55. The van der Waals surface area contributed by atoms with E-state index >= 15 is 0 Å². The van der Waals surface area contributed by atoms with Gasteiger partial charge in [-0.1, -0.05) is 24.3 Å². The SMILES string of the molecule is Cc1cc(C)c2c(n1)sc1c(NCc3ccc(CN4CCOCC4)cc3)ncnc12. The number of morpholine rings is 1. The summed E-state index contributed by atoms with van der Waals surface area (Å²) < 4.78 is 6.50. The number of hydrogen-bond acceptors (Lipinski definition) is 7. The average Bonchev–Trinajstić information content (AvgIpc) is 3.13. The Kier molecular flexibility index (Phi) is 5.33. The molecule has 3 aromatic heterocycles. The van der Waals surface area contributed by atoms with Gasteiger partial charge in [0.15, 0.2) is 0 Å². The fraction of sp³-hybridized carbons (Fsp3) is 0.348. The second kappa shape index (κ2) is 8.26. The second-order valence-electron chi connectivity index (χ2n) is 7.82. The minimum absolute atomic E-state index is 0.726. The number of nitrogens with zero attached hydrogens (tertiary/aromatic N) is 4. The summed E-state index contributed by atoms with van der Waals surface area (Å²) in [6.07, 6.45) is 1.64. The van der Waals surface area contributed by atoms with Crippen molar-refractivity contribution >= 4 is 37.6 Å². The van der Waals surface area contributed by atoms with Crippen LogP contribution in [0.2, 0.25) is 0 Å². The maximum absolute atomic E-state index is 5.43. The molecule has 30 heavy (non-hydrogen) atoms. The Hall–Kier alpha value is -2.61. The number of pyridine rings is 1. The lowest BCUT2D eigenvalue weighted by Crippen LogP contribution is -2.35. The molecule has 7 heteroatoms. The van der Waals surface area contributed by atoms with Crippen LogP contribution in [0.3, 0.4) is 0 Å². The normalized spacial score (nSPS) is 15.1. The zero-order valence-corrected chi connectivity index (χ0v) is 18.1. The van der Waals surface area contributed by atoms with Gasteiger partial charge < -0.3 is 10.1 Å². The van der Waals surface area contributed by atoms with Gasteiger partial charge in [0.25, 0.3) is 0 Å². The Morgan fingerprint density at radius 3 is 2.63 bits per heavy atom. The Labute approximate surface area is 179 Å². The molecule has 0 unspecified atom stereocenters. The lowest BCUT2D eigenvalue weighted by Gasteiger charge is -2.26. The lowest BCUT2D eigenvalue weighted by atomic mass is 10.1. The van der Waals surface area contributed by atoms with E-state index in [2.05, 4.69) is 57.4 Å². The average molecular weight is 420 g/mol. The number of fused-ring (bicyclic) bond motifs is 3. The molecule has 154 valence electrons. The first-order valence-corrected chi connectivity index (χ1v) is 11.1. The molecule has 0 bridgehead atoms. The first-order valence-electron chi connectivity index (χ1n) is 10.3. The summed E-state index contributed by atoms with van der Waals surface area (Å²) in [4.78, 5) is 17.2. The van der Waals surface area contributed by atoms with Crippen LogP contribution in [0.4, 0.5) is 5.82 Å². The molecule has 1 N–H and O–H groups in total. The Bertz CT molecular complexity index is 1180. The van der Waals surface area contributed by atoms with Crippen LogP contribution in [0.15, 0.2) is 36.7 Å². The van der Waals surface area contributed by atoms with Gasteiger partial charge in [-0.15, -0.1) is 11.3 Å². The molecule has 0 aliphatic carbocycles. The Morgan fingerprint density at radius 1 is 1.07 bits per heavy atom. The van der Waals surface area contributed by atoms with E-state index in [0.717, 1.165) is 71.3 Å². The molecular formula is C23H25N5OS. The molecule has 0 spiro atoms. The highest BCUT2D eigenvalue weighted by atomic mass is 32.1. The Balaban J connectivity index is 1.33. The van der Waals surface area contributed by atoms with E-state index < -0.39 is 0 Å². The van der Waals surface area contributed by atoms with Crippen LogP contribution in [0.25, 0.3) is 20.4 Å². The van der Waals surface area contributed by atoms with Gasteiger partial charge in [-0.05, 0) is 36.6 Å². The minimum Gasteiger partial charge on any atom is -0.379 e. The number of benzene rings is 1. The highest BCUT2D eigenvalue weighted by Gasteiger charge is 2.15. The van der Waals surface area contributed by atoms with E-state index in [9.17, 15) is 0 Å². The van der Waals surface area contributed by atoms with E-state index in [-0.39, 0.29) is 0 Å². The van der Waals surface area contributed by atoms with E-state index in [1.165, 1.54) is 16.7 Å². The molecule has 0 atom stereocenters. The molecule has 0 radical (unpaired) electrons. The standard InChI is InChI=1S/C23H25N5OS/c1-15-11-16(2)27-23-19(15)20-21(30-23)22(26-14-25-20)24-12-17-3-5-18(6-4-17)13-28-7-9-29-10-8-28/h3-6,11,14H,7-10,12-13H2,1-2H3,(H,24,25,26). The maximum atomic E-state index is 5.43.